The molecule has 0 saturated carbocycles. The molecule has 0 spiro atoms. The average molecular weight is 454 g/mol. The highest BCUT2D eigenvalue weighted by molar-refractivity contribution is 5.96. The third kappa shape index (κ3) is 3.68. The molecule has 1 heterocycles. The van der Waals surface area contributed by atoms with Gasteiger partial charge in [0, 0.05) is 5.69 Å². The van der Waals surface area contributed by atoms with Crippen LogP contribution in [0.1, 0.15) is 5.69 Å². The molecule has 1 rings (SSSR count). The van der Waals surface area contributed by atoms with E-state index in [9.17, 15) is 61.9 Å². The summed E-state index contributed by atoms with van der Waals surface area (Å²) in [5.74, 6) is -42.9. The van der Waals surface area contributed by atoms with Crippen molar-refractivity contribution in [2.75, 3.05) is 5.32 Å². The highest BCUT2D eigenvalue weighted by atomic mass is 19.4. The van der Waals surface area contributed by atoms with Crippen LogP contribution >= 0.6 is 0 Å². The summed E-state index contributed by atoms with van der Waals surface area (Å²) in [7, 11) is 0. The van der Waals surface area contributed by atoms with Crippen LogP contribution in [-0.2, 0) is 4.79 Å². The lowest BCUT2D eigenvalue weighted by Gasteiger charge is -2.39. The Morgan fingerprint density at radius 3 is 1.62 bits per heavy atom. The van der Waals surface area contributed by atoms with Crippen LogP contribution in [0.5, 0.6) is 0 Å². The maximum Gasteiger partial charge on any atom is 0.460 e. The molecule has 0 aromatic carbocycles. The first-order valence-electron chi connectivity index (χ1n) is 6.85. The lowest BCUT2D eigenvalue weighted by molar-refractivity contribution is -0.435. The van der Waals surface area contributed by atoms with Gasteiger partial charge in [-0.25, -0.2) is 4.98 Å². The van der Waals surface area contributed by atoms with Gasteiger partial charge in [0.05, 0.1) is 0 Å². The molecule has 29 heavy (non-hydrogen) atoms. The number of aryl methyl sites for hydroxylation is 1. The van der Waals surface area contributed by atoms with Gasteiger partial charge in [0.2, 0.25) is 0 Å². The lowest BCUT2D eigenvalue weighted by Crippen LogP contribution is -2.71. The molecule has 1 aromatic heterocycles. The van der Waals surface area contributed by atoms with E-state index in [0.29, 0.717) is 6.07 Å². The third-order valence-corrected chi connectivity index (χ3v) is 3.35. The van der Waals surface area contributed by atoms with Crippen molar-refractivity contribution in [2.45, 2.75) is 42.7 Å². The van der Waals surface area contributed by atoms with Gasteiger partial charge in [-0.3, -0.25) is 4.79 Å². The van der Waals surface area contributed by atoms with Crippen molar-refractivity contribution in [1.82, 2.24) is 4.98 Å². The predicted molar refractivity (Wildman–Crippen MR) is 68.4 cm³/mol. The lowest BCUT2D eigenvalue weighted by atomic mass is 9.93. The Morgan fingerprint density at radius 2 is 1.21 bits per heavy atom. The second-order valence-electron chi connectivity index (χ2n) is 5.49. The number of rotatable bonds is 6. The van der Waals surface area contributed by atoms with Crippen LogP contribution in [0.2, 0.25) is 0 Å². The molecular weight excluding hydrogens is 447 g/mol. The minimum Gasteiger partial charge on any atom is -0.305 e. The van der Waals surface area contributed by atoms with Crippen LogP contribution in [0.15, 0.2) is 18.2 Å². The van der Waals surface area contributed by atoms with Crippen molar-refractivity contribution in [3.05, 3.63) is 23.9 Å². The molecule has 0 radical (unpaired) electrons. The zero-order valence-electron chi connectivity index (χ0n) is 13.5. The van der Waals surface area contributed by atoms with Crippen molar-refractivity contribution in [1.29, 1.82) is 0 Å². The third-order valence-electron chi connectivity index (χ3n) is 3.35. The molecule has 0 saturated heterocycles. The number of carbonyl (C=O) groups is 1. The summed E-state index contributed by atoms with van der Waals surface area (Å²) < 4.78 is 168. The molecule has 1 amide bonds. The van der Waals surface area contributed by atoms with Gasteiger partial charge in [0.1, 0.15) is 5.82 Å². The summed E-state index contributed by atoms with van der Waals surface area (Å²) >= 11 is 0. The second-order valence-corrected chi connectivity index (χ2v) is 5.49. The number of hydrogen-bond donors (Lipinski definition) is 1. The Hall–Kier alpha value is -2.29. The molecule has 0 unspecified atom stereocenters. The van der Waals surface area contributed by atoms with Crippen LogP contribution < -0.4 is 5.32 Å². The number of carbonyl (C=O) groups excluding carboxylic acids is 1. The number of alkyl halides is 13. The molecule has 0 aliphatic rings. The monoisotopic (exact) mass is 454 g/mol. The summed E-state index contributed by atoms with van der Waals surface area (Å²) in [5, 5.41) is 0.854. The summed E-state index contributed by atoms with van der Waals surface area (Å²) in [6.07, 6.45) is -7.51. The van der Waals surface area contributed by atoms with E-state index >= 15 is 0 Å². The van der Waals surface area contributed by atoms with E-state index in [-0.39, 0.29) is 5.69 Å². The fraction of sp³-hybridized carbons (Fsp3) is 0.538. The molecule has 0 bridgehead atoms. The Kier molecular flexibility index (Phi) is 5.89. The van der Waals surface area contributed by atoms with Gasteiger partial charge >= 0.3 is 41.7 Å². The minimum atomic E-state index is -8.06. The van der Waals surface area contributed by atoms with Crippen LogP contribution in [0.25, 0.3) is 0 Å². The topological polar surface area (TPSA) is 42.0 Å². The molecule has 0 aliphatic heterocycles. The summed E-state index contributed by atoms with van der Waals surface area (Å²) in [6, 6.07) is 2.86. The number of nitrogens with one attached hydrogen (secondary N) is 1. The van der Waals surface area contributed by atoms with Gasteiger partial charge in [-0.15, -0.1) is 0 Å². The van der Waals surface area contributed by atoms with Gasteiger partial charge in [-0.1, -0.05) is 6.07 Å². The smallest absolute Gasteiger partial charge is 0.305 e. The van der Waals surface area contributed by atoms with Crippen LogP contribution in [0.3, 0.4) is 0 Å². The molecule has 1 N–H and O–H groups in total. The fourth-order valence-corrected chi connectivity index (χ4v) is 1.72. The van der Waals surface area contributed by atoms with Gasteiger partial charge in [0.25, 0.3) is 0 Å². The standard InChI is InChI=1S/C13H7F13N2O/c1-5-3-2-4-6(27-5)28-7(29)8(14,15)9(16,17)10(18,19)11(20,21)12(22,23)13(24,25)26/h2-4H,1H3,(H,27,28,29). The number of pyridine rings is 1. The first kappa shape index (κ1) is 24.7. The Labute approximate surface area is 151 Å². The molecule has 16 heteroatoms. The molecule has 0 atom stereocenters. The molecule has 0 fully saturated rings. The summed E-state index contributed by atoms with van der Waals surface area (Å²) in [6.45, 7) is 1.19. The minimum absolute atomic E-state index is 0.0282. The number of hydrogen-bond acceptors (Lipinski definition) is 2. The van der Waals surface area contributed by atoms with E-state index in [4.69, 9.17) is 0 Å². The first-order valence-corrected chi connectivity index (χ1v) is 6.85. The van der Waals surface area contributed by atoms with Gasteiger partial charge in [-0.2, -0.15) is 57.1 Å². The number of halogens is 13. The van der Waals surface area contributed by atoms with Crippen molar-refractivity contribution < 1.29 is 61.9 Å². The largest absolute Gasteiger partial charge is 0.460 e. The number of aromatic nitrogens is 1. The van der Waals surface area contributed by atoms with Crippen molar-refractivity contribution in [2.24, 2.45) is 0 Å². The van der Waals surface area contributed by atoms with E-state index < -0.39 is 47.5 Å². The normalized spacial score (nSPS) is 14.7. The quantitative estimate of drug-likeness (QED) is 0.611. The van der Waals surface area contributed by atoms with E-state index in [2.05, 4.69) is 4.98 Å². The predicted octanol–water partition coefficient (Wildman–Crippen LogP) is 5.07. The maximum atomic E-state index is 13.6. The zero-order valence-corrected chi connectivity index (χ0v) is 13.5. The van der Waals surface area contributed by atoms with E-state index in [1.54, 1.807) is 0 Å². The van der Waals surface area contributed by atoms with Crippen LogP contribution in [0.4, 0.5) is 62.9 Å². The van der Waals surface area contributed by atoms with Crippen molar-refractivity contribution >= 4 is 11.7 Å². The van der Waals surface area contributed by atoms with Crippen molar-refractivity contribution in [3.8, 4) is 0 Å². The van der Waals surface area contributed by atoms with Gasteiger partial charge in [-0.05, 0) is 19.1 Å². The molecule has 166 valence electrons. The van der Waals surface area contributed by atoms with Crippen LogP contribution in [-0.4, -0.2) is 46.7 Å². The maximum absolute atomic E-state index is 13.6. The Balaban J connectivity index is 3.39. The van der Waals surface area contributed by atoms with Crippen molar-refractivity contribution in [3.63, 3.8) is 0 Å². The highest BCUT2D eigenvalue weighted by Crippen LogP contribution is 2.60. The Bertz CT molecular complexity index is 772. The van der Waals surface area contributed by atoms with E-state index in [1.165, 1.54) is 13.0 Å². The Morgan fingerprint density at radius 1 is 0.759 bits per heavy atom. The molecule has 1 aromatic rings. The average Bonchev–Trinajstić information content (AvgIpc) is 2.52. The summed E-state index contributed by atoms with van der Waals surface area (Å²) in [4.78, 5) is 14.5. The second kappa shape index (κ2) is 6.90. The number of nitrogens with zero attached hydrogens (tertiary/aromatic N) is 1. The van der Waals surface area contributed by atoms with Crippen LogP contribution in [0, 0.1) is 6.92 Å². The highest BCUT2D eigenvalue weighted by Gasteiger charge is 2.91. The zero-order chi connectivity index (χ0) is 23.3. The molecular formula is C13H7F13N2O. The number of anilines is 1. The van der Waals surface area contributed by atoms with Gasteiger partial charge < -0.3 is 5.32 Å². The first-order chi connectivity index (χ1) is 12.6. The van der Waals surface area contributed by atoms with E-state index in [1.807, 2.05) is 0 Å². The number of amides is 1. The van der Waals surface area contributed by atoms with Gasteiger partial charge in [0.15, 0.2) is 0 Å². The fourth-order valence-electron chi connectivity index (χ4n) is 1.72. The molecule has 0 aliphatic carbocycles. The summed E-state index contributed by atoms with van der Waals surface area (Å²) in [5.41, 5.74) is -0.0282. The van der Waals surface area contributed by atoms with E-state index in [0.717, 1.165) is 11.4 Å². The molecule has 3 nitrogen and oxygen atoms in total. The SMILES string of the molecule is Cc1cccc(NC(=O)C(F)(F)C(F)(F)C(F)(F)C(F)(F)C(F)(F)C(F)(F)F)n1.